The van der Waals surface area contributed by atoms with Gasteiger partial charge in [-0.05, 0) is 55.6 Å². The SMILES string of the molecule is N/C=C\OCc1ccc(-c2ccc3ccc4c(-c5ccc(CO)nc5)ccc5ccc2c3c54)cn1. The lowest BCUT2D eigenvalue weighted by atomic mass is 9.87. The Kier molecular flexibility index (Phi) is 5.24. The monoisotopic (exact) mass is 457 g/mol. The normalized spacial score (nSPS) is 11.8. The van der Waals surface area contributed by atoms with Gasteiger partial charge in [0.25, 0.3) is 0 Å². The van der Waals surface area contributed by atoms with E-state index in [-0.39, 0.29) is 6.61 Å². The average Bonchev–Trinajstić information content (AvgIpc) is 2.92. The third-order valence-electron chi connectivity index (χ3n) is 6.50. The van der Waals surface area contributed by atoms with Gasteiger partial charge >= 0.3 is 0 Å². The summed E-state index contributed by atoms with van der Waals surface area (Å²) in [6.07, 6.45) is 6.56. The summed E-state index contributed by atoms with van der Waals surface area (Å²) < 4.78 is 5.34. The van der Waals surface area contributed by atoms with E-state index in [0.29, 0.717) is 12.3 Å². The van der Waals surface area contributed by atoms with Crippen molar-refractivity contribution in [3.63, 3.8) is 0 Å². The molecule has 0 saturated heterocycles. The lowest BCUT2D eigenvalue weighted by Crippen LogP contribution is -1.93. The number of nitrogens with two attached hydrogens (primary N) is 1. The fourth-order valence-corrected chi connectivity index (χ4v) is 4.84. The van der Waals surface area contributed by atoms with Crippen LogP contribution in [0, 0.1) is 0 Å². The van der Waals surface area contributed by atoms with Crippen LogP contribution in [0.2, 0.25) is 0 Å². The molecule has 0 aliphatic rings. The van der Waals surface area contributed by atoms with Crippen LogP contribution in [-0.4, -0.2) is 15.1 Å². The highest BCUT2D eigenvalue weighted by Gasteiger charge is 2.15. The van der Waals surface area contributed by atoms with Crippen molar-refractivity contribution in [3.8, 4) is 22.3 Å². The summed E-state index contributed by atoms with van der Waals surface area (Å²) in [7, 11) is 0. The van der Waals surface area contributed by atoms with Crippen LogP contribution >= 0.6 is 0 Å². The Morgan fingerprint density at radius 1 is 0.686 bits per heavy atom. The van der Waals surface area contributed by atoms with Gasteiger partial charge in [-0.1, -0.05) is 60.7 Å². The van der Waals surface area contributed by atoms with Crippen molar-refractivity contribution >= 4 is 32.3 Å². The highest BCUT2D eigenvalue weighted by molar-refractivity contribution is 6.27. The molecule has 6 aromatic rings. The zero-order valence-electron chi connectivity index (χ0n) is 19.0. The Balaban J connectivity index is 1.51. The maximum atomic E-state index is 9.36. The second-order valence-corrected chi connectivity index (χ2v) is 8.52. The van der Waals surface area contributed by atoms with E-state index >= 15 is 0 Å². The molecule has 0 amide bonds. The number of hydrogen-bond acceptors (Lipinski definition) is 5. The average molecular weight is 458 g/mol. The molecule has 2 heterocycles. The van der Waals surface area contributed by atoms with Crippen molar-refractivity contribution in [2.75, 3.05) is 0 Å². The third-order valence-corrected chi connectivity index (χ3v) is 6.50. The van der Waals surface area contributed by atoms with Gasteiger partial charge in [0.2, 0.25) is 0 Å². The van der Waals surface area contributed by atoms with Gasteiger partial charge in [-0.2, -0.15) is 0 Å². The second kappa shape index (κ2) is 8.70. The largest absolute Gasteiger partial charge is 0.493 e. The zero-order valence-corrected chi connectivity index (χ0v) is 19.0. The van der Waals surface area contributed by atoms with E-state index in [0.717, 1.165) is 27.9 Å². The lowest BCUT2D eigenvalue weighted by Gasteiger charge is -2.16. The molecule has 170 valence electrons. The Labute approximate surface area is 202 Å². The van der Waals surface area contributed by atoms with E-state index in [2.05, 4.69) is 64.6 Å². The summed E-state index contributed by atoms with van der Waals surface area (Å²) in [5.41, 5.74) is 11.2. The molecule has 2 aromatic heterocycles. The van der Waals surface area contributed by atoms with Crippen molar-refractivity contribution in [1.29, 1.82) is 0 Å². The summed E-state index contributed by atoms with van der Waals surface area (Å²) in [6, 6.07) is 25.5. The molecular formula is C30H23N3O2. The highest BCUT2D eigenvalue weighted by Crippen LogP contribution is 2.42. The predicted octanol–water partition coefficient (Wildman–Crippen LogP) is 6.15. The Morgan fingerprint density at radius 2 is 1.23 bits per heavy atom. The molecule has 0 unspecified atom stereocenters. The van der Waals surface area contributed by atoms with Gasteiger partial charge in [0.15, 0.2) is 0 Å². The molecule has 3 N–H and O–H groups in total. The van der Waals surface area contributed by atoms with Crippen LogP contribution in [0.5, 0.6) is 0 Å². The van der Waals surface area contributed by atoms with E-state index in [1.54, 1.807) is 0 Å². The van der Waals surface area contributed by atoms with Gasteiger partial charge in [-0.15, -0.1) is 0 Å². The predicted molar refractivity (Wildman–Crippen MR) is 141 cm³/mol. The molecule has 5 nitrogen and oxygen atoms in total. The van der Waals surface area contributed by atoms with Crippen molar-refractivity contribution in [1.82, 2.24) is 9.97 Å². The fourth-order valence-electron chi connectivity index (χ4n) is 4.84. The number of hydrogen-bond donors (Lipinski definition) is 2. The molecular weight excluding hydrogens is 434 g/mol. The summed E-state index contributed by atoms with van der Waals surface area (Å²) in [5.74, 6) is 0. The van der Waals surface area contributed by atoms with Crippen molar-refractivity contribution in [2.45, 2.75) is 13.2 Å². The van der Waals surface area contributed by atoms with E-state index < -0.39 is 0 Å². The number of benzene rings is 4. The van der Waals surface area contributed by atoms with Gasteiger partial charge < -0.3 is 15.6 Å². The Hall–Kier alpha value is -4.48. The fraction of sp³-hybridized carbons (Fsp3) is 0.0667. The summed E-state index contributed by atoms with van der Waals surface area (Å²) >= 11 is 0. The molecule has 0 bridgehead atoms. The van der Waals surface area contributed by atoms with Crippen LogP contribution in [0.15, 0.2) is 97.7 Å². The number of nitrogens with zero attached hydrogens (tertiary/aromatic N) is 2. The van der Waals surface area contributed by atoms with Crippen LogP contribution in [-0.2, 0) is 18.0 Å². The number of aliphatic hydroxyl groups is 1. The van der Waals surface area contributed by atoms with Crippen LogP contribution in [0.1, 0.15) is 11.4 Å². The molecule has 0 fully saturated rings. The van der Waals surface area contributed by atoms with Crippen molar-refractivity contribution in [2.24, 2.45) is 5.73 Å². The third kappa shape index (κ3) is 3.63. The minimum Gasteiger partial charge on any atom is -0.493 e. The summed E-state index contributed by atoms with van der Waals surface area (Å²) in [5, 5.41) is 16.7. The molecule has 0 saturated carbocycles. The molecule has 5 heteroatoms. The van der Waals surface area contributed by atoms with Gasteiger partial charge in [0, 0.05) is 29.7 Å². The number of rotatable bonds is 6. The second-order valence-electron chi connectivity index (χ2n) is 8.52. The van der Waals surface area contributed by atoms with Gasteiger partial charge in [-0.3, -0.25) is 9.97 Å². The van der Waals surface area contributed by atoms with Crippen LogP contribution in [0.3, 0.4) is 0 Å². The summed E-state index contributed by atoms with van der Waals surface area (Å²) in [4.78, 5) is 8.97. The first-order chi connectivity index (χ1) is 17.3. The molecule has 4 aromatic carbocycles. The lowest BCUT2D eigenvalue weighted by molar-refractivity contribution is 0.232. The maximum absolute atomic E-state index is 9.36. The number of pyridine rings is 2. The van der Waals surface area contributed by atoms with Crippen molar-refractivity contribution in [3.05, 3.63) is 109 Å². The molecule has 6 rings (SSSR count). The first kappa shape index (κ1) is 21.1. The smallest absolute Gasteiger partial charge is 0.129 e. The molecule has 0 aliphatic carbocycles. The van der Waals surface area contributed by atoms with E-state index in [1.807, 2.05) is 30.6 Å². The van der Waals surface area contributed by atoms with E-state index in [1.165, 1.54) is 44.8 Å². The topological polar surface area (TPSA) is 81.3 Å². The van der Waals surface area contributed by atoms with Gasteiger partial charge in [0.1, 0.15) is 6.61 Å². The number of aromatic nitrogens is 2. The van der Waals surface area contributed by atoms with Crippen LogP contribution in [0.25, 0.3) is 54.6 Å². The van der Waals surface area contributed by atoms with Gasteiger partial charge in [0.05, 0.1) is 24.3 Å². The van der Waals surface area contributed by atoms with E-state index in [9.17, 15) is 5.11 Å². The van der Waals surface area contributed by atoms with E-state index in [4.69, 9.17) is 10.5 Å². The minimum absolute atomic E-state index is 0.0604. The van der Waals surface area contributed by atoms with Crippen LogP contribution < -0.4 is 5.73 Å². The number of ether oxygens (including phenoxy) is 1. The Morgan fingerprint density at radius 3 is 1.71 bits per heavy atom. The van der Waals surface area contributed by atoms with Crippen LogP contribution in [0.4, 0.5) is 0 Å². The molecule has 0 spiro atoms. The first-order valence-electron chi connectivity index (χ1n) is 11.5. The highest BCUT2D eigenvalue weighted by atomic mass is 16.5. The van der Waals surface area contributed by atoms with Gasteiger partial charge in [-0.25, -0.2) is 0 Å². The molecule has 0 aliphatic heterocycles. The quantitative estimate of drug-likeness (QED) is 0.232. The molecule has 35 heavy (non-hydrogen) atoms. The zero-order chi connectivity index (χ0) is 23.8. The maximum Gasteiger partial charge on any atom is 0.129 e. The molecule has 0 radical (unpaired) electrons. The minimum atomic E-state index is -0.0604. The number of aliphatic hydroxyl groups excluding tert-OH is 1. The van der Waals surface area contributed by atoms with Crippen molar-refractivity contribution < 1.29 is 9.84 Å². The Bertz CT molecular complexity index is 1670. The standard InChI is InChI=1S/C30H23N3O2/c31-13-14-35-18-24-8-2-22(16-33-24)26-10-4-20-5-11-27-25(21-1-7-23(17-34)32-15-21)9-3-19-6-12-28(26)30(20)29(19)27/h1-16,34H,17-18,31H2/b14-13-. The first-order valence-corrected chi connectivity index (χ1v) is 11.5. The summed E-state index contributed by atoms with van der Waals surface area (Å²) in [6.45, 7) is 0.318. The molecule has 0 atom stereocenters.